The number of halogens is 3. The molecule has 2 aromatic carbocycles. The Labute approximate surface area is 196 Å². The minimum atomic E-state index is -5.15. The second kappa shape index (κ2) is 10.6. The summed E-state index contributed by atoms with van der Waals surface area (Å²) in [6, 6.07) is 8.04. The summed E-state index contributed by atoms with van der Waals surface area (Å²) in [6.45, 7) is 7.09. The highest BCUT2D eigenvalue weighted by Crippen LogP contribution is 2.25. The molecule has 0 atom stereocenters. The number of aromatic nitrogens is 3. The van der Waals surface area contributed by atoms with Crippen molar-refractivity contribution in [3.8, 4) is 22.9 Å². The van der Waals surface area contributed by atoms with Gasteiger partial charge < -0.3 is 13.7 Å². The standard InChI is InChI=1S/C21H24F3N3O5SSi/c1-34(2,3)9-8-30-14-27-13-25-21(26-27)15-10-19(22)18(20(23)11-15)12-31-16-4-6-17(7-5-16)32-33(24,28)29/h4-7,10-11,13H,8-9,12,14H2,1-3H3. The Morgan fingerprint density at radius 2 is 1.65 bits per heavy atom. The van der Waals surface area contributed by atoms with Crippen molar-refractivity contribution in [2.45, 2.75) is 39.0 Å². The van der Waals surface area contributed by atoms with Gasteiger partial charge >= 0.3 is 10.5 Å². The van der Waals surface area contributed by atoms with Gasteiger partial charge in [-0.2, -0.15) is 8.42 Å². The number of rotatable bonds is 11. The van der Waals surface area contributed by atoms with Gasteiger partial charge in [0.2, 0.25) is 0 Å². The van der Waals surface area contributed by atoms with Crippen molar-refractivity contribution >= 4 is 18.6 Å². The zero-order valence-corrected chi connectivity index (χ0v) is 20.6. The van der Waals surface area contributed by atoms with Crippen LogP contribution >= 0.6 is 0 Å². The molecule has 3 rings (SSSR count). The van der Waals surface area contributed by atoms with Crippen molar-refractivity contribution in [3.05, 3.63) is 59.9 Å². The quantitative estimate of drug-likeness (QED) is 0.207. The van der Waals surface area contributed by atoms with E-state index >= 15 is 0 Å². The van der Waals surface area contributed by atoms with Gasteiger partial charge in [0.15, 0.2) is 5.82 Å². The Balaban J connectivity index is 1.61. The Morgan fingerprint density at radius 3 is 2.24 bits per heavy atom. The minimum absolute atomic E-state index is 0.150. The van der Waals surface area contributed by atoms with Gasteiger partial charge in [-0.3, -0.25) is 0 Å². The summed E-state index contributed by atoms with van der Waals surface area (Å²) in [5.41, 5.74) is -0.155. The van der Waals surface area contributed by atoms with Crippen LogP contribution in [0.25, 0.3) is 11.4 Å². The second-order valence-electron chi connectivity index (χ2n) is 8.61. The van der Waals surface area contributed by atoms with Crippen LogP contribution in [0.1, 0.15) is 5.56 Å². The molecule has 0 saturated carbocycles. The van der Waals surface area contributed by atoms with Crippen molar-refractivity contribution in [2.75, 3.05) is 6.61 Å². The molecule has 0 aliphatic carbocycles. The van der Waals surface area contributed by atoms with Crippen molar-refractivity contribution < 1.29 is 34.7 Å². The topological polar surface area (TPSA) is 92.5 Å². The number of hydrogen-bond acceptors (Lipinski definition) is 7. The molecule has 0 amide bonds. The van der Waals surface area contributed by atoms with Crippen LogP contribution in [0.3, 0.4) is 0 Å². The molecule has 0 unspecified atom stereocenters. The van der Waals surface area contributed by atoms with Gasteiger partial charge in [0.05, 0.1) is 5.56 Å². The van der Waals surface area contributed by atoms with E-state index < -0.39 is 36.8 Å². The predicted octanol–water partition coefficient (Wildman–Crippen LogP) is 4.71. The highest BCUT2D eigenvalue weighted by Gasteiger charge is 2.16. The van der Waals surface area contributed by atoms with Gasteiger partial charge in [0, 0.05) is 20.2 Å². The normalized spacial score (nSPS) is 12.1. The SMILES string of the molecule is C[Si](C)(C)CCOCn1cnc(-c2cc(F)c(COc3ccc(OS(=O)(=O)F)cc3)c(F)c2)n1. The van der Waals surface area contributed by atoms with Crippen LogP contribution in [-0.4, -0.2) is 37.9 Å². The highest BCUT2D eigenvalue weighted by molar-refractivity contribution is 7.81. The van der Waals surface area contributed by atoms with Crippen LogP contribution in [0.5, 0.6) is 11.5 Å². The van der Waals surface area contributed by atoms with Crippen LogP contribution in [0.4, 0.5) is 12.7 Å². The summed E-state index contributed by atoms with van der Waals surface area (Å²) in [5, 5.41) is 4.20. The van der Waals surface area contributed by atoms with Crippen LogP contribution < -0.4 is 8.92 Å². The molecule has 0 radical (unpaired) electrons. The highest BCUT2D eigenvalue weighted by atomic mass is 32.3. The fourth-order valence-electron chi connectivity index (χ4n) is 2.76. The molecule has 13 heteroatoms. The Morgan fingerprint density at radius 1 is 1.03 bits per heavy atom. The summed E-state index contributed by atoms with van der Waals surface area (Å²) in [7, 11) is -6.36. The molecule has 8 nitrogen and oxygen atoms in total. The second-order valence-corrected chi connectivity index (χ2v) is 15.2. The van der Waals surface area contributed by atoms with E-state index in [9.17, 15) is 21.1 Å². The summed E-state index contributed by atoms with van der Waals surface area (Å²) in [6.07, 6.45) is 1.43. The van der Waals surface area contributed by atoms with Gasteiger partial charge in [0.25, 0.3) is 0 Å². The van der Waals surface area contributed by atoms with Crippen LogP contribution in [-0.2, 0) is 28.6 Å². The molecule has 0 N–H and O–H groups in total. The van der Waals surface area contributed by atoms with Gasteiger partial charge in [-0.15, -0.1) is 5.10 Å². The zero-order chi connectivity index (χ0) is 24.9. The Hall–Kier alpha value is -2.90. The first kappa shape index (κ1) is 25.7. The summed E-state index contributed by atoms with van der Waals surface area (Å²) >= 11 is 0. The third kappa shape index (κ3) is 7.85. The van der Waals surface area contributed by atoms with Crippen LogP contribution in [0.2, 0.25) is 25.7 Å². The van der Waals surface area contributed by atoms with E-state index in [1.54, 1.807) is 0 Å². The largest absolute Gasteiger partial charge is 0.489 e. The minimum Gasteiger partial charge on any atom is -0.489 e. The number of nitrogens with zero attached hydrogens (tertiary/aromatic N) is 3. The maximum atomic E-state index is 14.6. The first-order valence-corrected chi connectivity index (χ1v) is 15.2. The van der Waals surface area contributed by atoms with E-state index in [1.807, 2.05) is 0 Å². The molecule has 3 aromatic rings. The Bertz CT molecular complexity index is 1210. The Kier molecular flexibility index (Phi) is 7.99. The molecule has 184 valence electrons. The zero-order valence-electron chi connectivity index (χ0n) is 18.8. The van der Waals surface area contributed by atoms with Gasteiger partial charge in [-0.25, -0.2) is 18.4 Å². The van der Waals surface area contributed by atoms with E-state index in [-0.39, 0.29) is 35.2 Å². The lowest BCUT2D eigenvalue weighted by Crippen LogP contribution is -2.22. The average Bonchev–Trinajstić information content (AvgIpc) is 3.19. The summed E-state index contributed by atoms with van der Waals surface area (Å²) < 4.78 is 79.1. The molecule has 1 aromatic heterocycles. The molecular weight excluding hydrogens is 491 g/mol. The smallest absolute Gasteiger partial charge is 0.488 e. The predicted molar refractivity (Wildman–Crippen MR) is 121 cm³/mol. The molecule has 0 saturated heterocycles. The maximum Gasteiger partial charge on any atom is 0.488 e. The van der Waals surface area contributed by atoms with E-state index in [0.717, 1.165) is 30.3 Å². The van der Waals surface area contributed by atoms with E-state index in [2.05, 4.69) is 33.9 Å². The van der Waals surface area contributed by atoms with Gasteiger partial charge in [-0.1, -0.05) is 23.5 Å². The third-order valence-electron chi connectivity index (χ3n) is 4.56. The fraction of sp³-hybridized carbons (Fsp3) is 0.333. The average molecular weight is 516 g/mol. The maximum absolute atomic E-state index is 14.6. The van der Waals surface area contributed by atoms with Crippen LogP contribution in [0.15, 0.2) is 42.7 Å². The third-order valence-corrected chi connectivity index (χ3v) is 6.65. The van der Waals surface area contributed by atoms with Crippen molar-refractivity contribution in [1.29, 1.82) is 0 Å². The number of benzene rings is 2. The van der Waals surface area contributed by atoms with E-state index in [4.69, 9.17) is 9.47 Å². The lowest BCUT2D eigenvalue weighted by molar-refractivity contribution is 0.0785. The first-order chi connectivity index (χ1) is 15.9. The molecule has 0 spiro atoms. The molecule has 0 fully saturated rings. The lowest BCUT2D eigenvalue weighted by Gasteiger charge is -2.15. The monoisotopic (exact) mass is 515 g/mol. The molecule has 0 aliphatic rings. The van der Waals surface area contributed by atoms with Gasteiger partial charge in [0.1, 0.15) is 42.8 Å². The molecule has 0 bridgehead atoms. The summed E-state index contributed by atoms with van der Waals surface area (Å²) in [4.78, 5) is 4.09. The molecule has 0 aliphatic heterocycles. The number of ether oxygens (including phenoxy) is 2. The lowest BCUT2D eigenvalue weighted by atomic mass is 10.1. The molecule has 34 heavy (non-hydrogen) atoms. The fourth-order valence-corrected chi connectivity index (χ4v) is 3.86. The number of hydrogen-bond donors (Lipinski definition) is 0. The first-order valence-electron chi connectivity index (χ1n) is 10.2. The van der Waals surface area contributed by atoms with E-state index in [0.29, 0.717) is 6.61 Å². The van der Waals surface area contributed by atoms with Crippen molar-refractivity contribution in [1.82, 2.24) is 14.8 Å². The van der Waals surface area contributed by atoms with Crippen molar-refractivity contribution in [2.24, 2.45) is 0 Å². The van der Waals surface area contributed by atoms with Crippen LogP contribution in [0, 0.1) is 11.6 Å². The van der Waals surface area contributed by atoms with E-state index in [1.165, 1.54) is 23.1 Å². The van der Waals surface area contributed by atoms with Gasteiger partial charge in [-0.05, 0) is 42.4 Å². The summed E-state index contributed by atoms with van der Waals surface area (Å²) in [5.74, 6) is -1.65. The molecular formula is C21H24F3N3O5SSi. The molecule has 1 heterocycles. The van der Waals surface area contributed by atoms with Crippen molar-refractivity contribution in [3.63, 3.8) is 0 Å².